The van der Waals surface area contributed by atoms with E-state index in [-0.39, 0.29) is 6.61 Å². The molecular formula is C14H25N3O2. The van der Waals surface area contributed by atoms with Gasteiger partial charge in [-0.3, -0.25) is 4.90 Å². The van der Waals surface area contributed by atoms with Crippen LogP contribution in [-0.4, -0.2) is 52.0 Å². The number of nitrogens with zero attached hydrogens (tertiary/aromatic N) is 3. The van der Waals surface area contributed by atoms with E-state index in [0.29, 0.717) is 18.8 Å². The number of imidazole rings is 1. The number of aliphatic hydroxyl groups is 1. The van der Waals surface area contributed by atoms with Crippen molar-refractivity contribution in [3.63, 3.8) is 0 Å². The number of piperidine rings is 1. The first-order valence-corrected chi connectivity index (χ1v) is 7.16. The van der Waals surface area contributed by atoms with Gasteiger partial charge in [0.15, 0.2) is 0 Å². The molecule has 5 nitrogen and oxygen atoms in total. The molecule has 108 valence electrons. The van der Waals surface area contributed by atoms with Crippen LogP contribution in [0.3, 0.4) is 0 Å². The van der Waals surface area contributed by atoms with Crippen molar-refractivity contribution >= 4 is 0 Å². The van der Waals surface area contributed by atoms with E-state index in [1.54, 1.807) is 0 Å². The smallest absolute Gasteiger partial charge is 0.0951 e. The summed E-state index contributed by atoms with van der Waals surface area (Å²) in [5.41, 5.74) is 1.28. The third kappa shape index (κ3) is 4.03. The van der Waals surface area contributed by atoms with Crippen molar-refractivity contribution in [3.8, 4) is 0 Å². The molecule has 0 spiro atoms. The first kappa shape index (κ1) is 14.5. The molecule has 1 aromatic heterocycles. The van der Waals surface area contributed by atoms with E-state index < -0.39 is 0 Å². The maximum absolute atomic E-state index is 8.76. The van der Waals surface area contributed by atoms with Gasteiger partial charge in [-0.15, -0.1) is 0 Å². The lowest BCUT2D eigenvalue weighted by Crippen LogP contribution is -2.37. The summed E-state index contributed by atoms with van der Waals surface area (Å²) >= 11 is 0. The summed E-state index contributed by atoms with van der Waals surface area (Å²) in [6.45, 7) is 8.02. The Morgan fingerprint density at radius 2 is 2.16 bits per heavy atom. The third-order valence-electron chi connectivity index (χ3n) is 3.67. The van der Waals surface area contributed by atoms with Gasteiger partial charge in [-0.25, -0.2) is 4.98 Å². The van der Waals surface area contributed by atoms with Gasteiger partial charge < -0.3 is 14.4 Å². The molecule has 0 aromatic carbocycles. The van der Waals surface area contributed by atoms with Crippen LogP contribution in [0.25, 0.3) is 0 Å². The lowest BCUT2D eigenvalue weighted by molar-refractivity contribution is -0.00936. The fourth-order valence-corrected chi connectivity index (χ4v) is 2.60. The Morgan fingerprint density at radius 3 is 2.79 bits per heavy atom. The number of likely N-dealkylation sites (tertiary alicyclic amines) is 1. The van der Waals surface area contributed by atoms with Crippen LogP contribution in [0.4, 0.5) is 0 Å². The minimum Gasteiger partial charge on any atom is -0.394 e. The van der Waals surface area contributed by atoms with Crippen LogP contribution in [0.15, 0.2) is 12.5 Å². The van der Waals surface area contributed by atoms with Crippen molar-refractivity contribution in [1.82, 2.24) is 14.5 Å². The summed E-state index contributed by atoms with van der Waals surface area (Å²) in [5.74, 6) is 0. The number of aliphatic hydroxyl groups excluding tert-OH is 1. The lowest BCUT2D eigenvalue weighted by Gasteiger charge is -2.32. The van der Waals surface area contributed by atoms with E-state index in [1.165, 1.54) is 5.69 Å². The van der Waals surface area contributed by atoms with Crippen molar-refractivity contribution < 1.29 is 9.84 Å². The molecule has 0 saturated carbocycles. The van der Waals surface area contributed by atoms with Crippen LogP contribution in [0, 0.1) is 0 Å². The van der Waals surface area contributed by atoms with Crippen molar-refractivity contribution in [1.29, 1.82) is 0 Å². The van der Waals surface area contributed by atoms with Crippen LogP contribution in [0.2, 0.25) is 0 Å². The van der Waals surface area contributed by atoms with Gasteiger partial charge in [0, 0.05) is 31.9 Å². The molecule has 1 saturated heterocycles. The predicted molar refractivity (Wildman–Crippen MR) is 73.9 cm³/mol. The monoisotopic (exact) mass is 267 g/mol. The highest BCUT2D eigenvalue weighted by atomic mass is 16.5. The van der Waals surface area contributed by atoms with Gasteiger partial charge in [0.2, 0.25) is 0 Å². The molecule has 1 aliphatic heterocycles. The highest BCUT2D eigenvalue weighted by Crippen LogP contribution is 2.17. The average molecular weight is 267 g/mol. The summed E-state index contributed by atoms with van der Waals surface area (Å²) in [6, 6.07) is 0.461. The number of aromatic nitrogens is 2. The summed E-state index contributed by atoms with van der Waals surface area (Å²) in [4.78, 5) is 6.70. The normalized spacial score (nSPS) is 18.3. The number of rotatable bonds is 6. The summed E-state index contributed by atoms with van der Waals surface area (Å²) < 4.78 is 7.81. The highest BCUT2D eigenvalue weighted by Gasteiger charge is 2.20. The van der Waals surface area contributed by atoms with Gasteiger partial charge in [-0.05, 0) is 26.7 Å². The van der Waals surface area contributed by atoms with Gasteiger partial charge >= 0.3 is 0 Å². The van der Waals surface area contributed by atoms with E-state index in [0.717, 1.165) is 32.5 Å². The molecule has 5 heteroatoms. The Morgan fingerprint density at radius 1 is 1.42 bits per heavy atom. The van der Waals surface area contributed by atoms with Gasteiger partial charge in [-0.2, -0.15) is 0 Å². The van der Waals surface area contributed by atoms with Crippen LogP contribution < -0.4 is 0 Å². The van der Waals surface area contributed by atoms with Crippen molar-refractivity contribution in [2.24, 2.45) is 0 Å². The number of hydrogen-bond donors (Lipinski definition) is 1. The summed E-state index contributed by atoms with van der Waals surface area (Å²) in [5, 5.41) is 8.76. The van der Waals surface area contributed by atoms with Crippen LogP contribution >= 0.6 is 0 Å². The van der Waals surface area contributed by atoms with Crippen LogP contribution in [0.1, 0.15) is 38.4 Å². The zero-order valence-corrected chi connectivity index (χ0v) is 12.0. The van der Waals surface area contributed by atoms with E-state index >= 15 is 0 Å². The zero-order chi connectivity index (χ0) is 13.7. The number of ether oxygens (including phenoxy) is 1. The molecule has 1 aliphatic rings. The maximum Gasteiger partial charge on any atom is 0.0951 e. The Balaban J connectivity index is 1.80. The Bertz CT molecular complexity index is 371. The predicted octanol–water partition coefficient (Wildman–Crippen LogP) is 1.44. The quantitative estimate of drug-likeness (QED) is 0.847. The van der Waals surface area contributed by atoms with Crippen LogP contribution in [0.5, 0.6) is 0 Å². The van der Waals surface area contributed by atoms with E-state index in [1.807, 2.05) is 12.5 Å². The van der Waals surface area contributed by atoms with Crippen LogP contribution in [-0.2, 0) is 11.3 Å². The molecule has 19 heavy (non-hydrogen) atoms. The minimum atomic E-state index is 0.119. The minimum absolute atomic E-state index is 0.119. The Kier molecular flexibility index (Phi) is 5.36. The molecule has 0 unspecified atom stereocenters. The Labute approximate surface area is 115 Å². The topological polar surface area (TPSA) is 50.5 Å². The molecule has 2 rings (SSSR count). The first-order chi connectivity index (χ1) is 9.20. The standard InChI is InChI=1S/C14H25N3O2/c1-12(2)17-11-15-9-13(17)10-16-5-3-14(4-6-16)19-8-7-18/h9,11-12,14,18H,3-8,10H2,1-2H3. The molecule has 1 N–H and O–H groups in total. The number of hydrogen-bond acceptors (Lipinski definition) is 4. The van der Waals surface area contributed by atoms with Gasteiger partial charge in [0.1, 0.15) is 0 Å². The van der Waals surface area contributed by atoms with E-state index in [4.69, 9.17) is 9.84 Å². The zero-order valence-electron chi connectivity index (χ0n) is 12.0. The largest absolute Gasteiger partial charge is 0.394 e. The Hall–Kier alpha value is -0.910. The molecule has 2 heterocycles. The van der Waals surface area contributed by atoms with Gasteiger partial charge in [0.05, 0.1) is 31.3 Å². The lowest BCUT2D eigenvalue weighted by atomic mass is 10.1. The second-order valence-corrected chi connectivity index (χ2v) is 5.46. The molecule has 0 atom stereocenters. The third-order valence-corrected chi connectivity index (χ3v) is 3.67. The molecule has 0 radical (unpaired) electrons. The second kappa shape index (κ2) is 7.03. The second-order valence-electron chi connectivity index (χ2n) is 5.46. The molecule has 0 bridgehead atoms. The molecule has 1 fully saturated rings. The van der Waals surface area contributed by atoms with Crippen molar-refractivity contribution in [3.05, 3.63) is 18.2 Å². The first-order valence-electron chi connectivity index (χ1n) is 7.16. The van der Waals surface area contributed by atoms with Crippen molar-refractivity contribution in [2.75, 3.05) is 26.3 Å². The van der Waals surface area contributed by atoms with Crippen molar-refractivity contribution in [2.45, 2.75) is 45.4 Å². The van der Waals surface area contributed by atoms with E-state index in [2.05, 4.69) is 28.3 Å². The molecule has 0 amide bonds. The average Bonchev–Trinajstić information content (AvgIpc) is 2.86. The SMILES string of the molecule is CC(C)n1cncc1CN1CCC(OCCO)CC1. The van der Waals surface area contributed by atoms with Gasteiger partial charge in [0.25, 0.3) is 0 Å². The highest BCUT2D eigenvalue weighted by molar-refractivity contribution is 5.00. The molecule has 0 aliphatic carbocycles. The van der Waals surface area contributed by atoms with E-state index in [9.17, 15) is 0 Å². The maximum atomic E-state index is 8.76. The fourth-order valence-electron chi connectivity index (χ4n) is 2.60. The fraction of sp³-hybridized carbons (Fsp3) is 0.786. The molecule has 1 aromatic rings. The van der Waals surface area contributed by atoms with Gasteiger partial charge in [-0.1, -0.05) is 0 Å². The molecular weight excluding hydrogens is 242 g/mol. The summed E-state index contributed by atoms with van der Waals surface area (Å²) in [7, 11) is 0. The summed E-state index contributed by atoms with van der Waals surface area (Å²) in [6.07, 6.45) is 6.30.